The summed E-state index contributed by atoms with van der Waals surface area (Å²) >= 11 is 0. The molecule has 0 spiro atoms. The zero-order chi connectivity index (χ0) is 14.8. The Bertz CT molecular complexity index is 403. The first-order chi connectivity index (χ1) is 10.2. The van der Waals surface area contributed by atoms with E-state index in [-0.39, 0.29) is 25.0 Å². The van der Waals surface area contributed by atoms with Crippen molar-refractivity contribution in [3.05, 3.63) is 0 Å². The number of nitrogens with zero attached hydrogens (tertiary/aromatic N) is 3. The molecule has 2 saturated heterocycles. The van der Waals surface area contributed by atoms with Crippen LogP contribution in [0.2, 0.25) is 0 Å². The van der Waals surface area contributed by atoms with Gasteiger partial charge in [-0.05, 0) is 44.7 Å². The molecule has 0 bridgehead atoms. The molecule has 3 aliphatic rings. The van der Waals surface area contributed by atoms with Gasteiger partial charge in [0.05, 0.1) is 13.1 Å². The number of aliphatic hydroxyl groups is 1. The third-order valence-electron chi connectivity index (χ3n) is 4.92. The van der Waals surface area contributed by atoms with Gasteiger partial charge in [0.2, 0.25) is 11.8 Å². The van der Waals surface area contributed by atoms with Crippen molar-refractivity contribution >= 4 is 11.8 Å². The summed E-state index contributed by atoms with van der Waals surface area (Å²) in [6.07, 6.45) is 4.16. The molecule has 0 aromatic heterocycles. The van der Waals surface area contributed by atoms with Gasteiger partial charge in [0.15, 0.2) is 0 Å². The van der Waals surface area contributed by atoms with Gasteiger partial charge in [-0.15, -0.1) is 0 Å². The first-order valence-electron chi connectivity index (χ1n) is 8.08. The molecular weight excluding hydrogens is 270 g/mol. The van der Waals surface area contributed by atoms with Crippen LogP contribution >= 0.6 is 0 Å². The smallest absolute Gasteiger partial charge is 0.242 e. The minimum atomic E-state index is 0.0706. The summed E-state index contributed by atoms with van der Waals surface area (Å²) in [5.74, 6) is 0.567. The third-order valence-corrected chi connectivity index (χ3v) is 4.92. The molecule has 0 radical (unpaired) electrons. The highest BCUT2D eigenvalue weighted by atomic mass is 16.3. The molecule has 3 fully saturated rings. The fraction of sp³-hybridized carbons (Fsp3) is 0.867. The zero-order valence-electron chi connectivity index (χ0n) is 12.5. The average Bonchev–Trinajstić information content (AvgIpc) is 3.32. The topological polar surface area (TPSA) is 64.1 Å². The van der Waals surface area contributed by atoms with Crippen molar-refractivity contribution in [2.45, 2.75) is 31.7 Å². The summed E-state index contributed by atoms with van der Waals surface area (Å²) in [4.78, 5) is 30.2. The average molecular weight is 295 g/mol. The van der Waals surface area contributed by atoms with Crippen LogP contribution in [-0.4, -0.2) is 83.5 Å². The van der Waals surface area contributed by atoms with Crippen LogP contribution in [0.5, 0.6) is 0 Å². The van der Waals surface area contributed by atoms with Crippen molar-refractivity contribution in [3.8, 4) is 0 Å². The summed E-state index contributed by atoms with van der Waals surface area (Å²) < 4.78 is 0. The summed E-state index contributed by atoms with van der Waals surface area (Å²) in [5.41, 5.74) is 0. The van der Waals surface area contributed by atoms with E-state index in [1.807, 2.05) is 4.90 Å². The molecule has 2 heterocycles. The minimum absolute atomic E-state index is 0.0706. The molecule has 0 aromatic carbocycles. The molecule has 2 amide bonds. The molecule has 118 valence electrons. The van der Waals surface area contributed by atoms with Gasteiger partial charge in [0, 0.05) is 25.7 Å². The van der Waals surface area contributed by atoms with Gasteiger partial charge in [-0.2, -0.15) is 0 Å². The summed E-state index contributed by atoms with van der Waals surface area (Å²) in [5, 5.41) is 9.13. The van der Waals surface area contributed by atoms with Crippen LogP contribution in [0.1, 0.15) is 25.7 Å². The number of hydrogen-bond donors (Lipinski definition) is 1. The van der Waals surface area contributed by atoms with Crippen LogP contribution in [0.25, 0.3) is 0 Å². The Morgan fingerprint density at radius 1 is 1.10 bits per heavy atom. The molecule has 2 aliphatic heterocycles. The zero-order valence-corrected chi connectivity index (χ0v) is 12.5. The van der Waals surface area contributed by atoms with E-state index in [0.29, 0.717) is 31.6 Å². The lowest BCUT2D eigenvalue weighted by Gasteiger charge is -2.36. The SMILES string of the molecule is O=C(CN1CCC(CO)CC1)N1CCN(C2CC2)C(=O)C1. The van der Waals surface area contributed by atoms with E-state index in [4.69, 9.17) is 5.11 Å². The summed E-state index contributed by atoms with van der Waals surface area (Å²) in [7, 11) is 0. The van der Waals surface area contributed by atoms with E-state index >= 15 is 0 Å². The quantitative estimate of drug-likeness (QED) is 0.761. The van der Waals surface area contributed by atoms with Crippen molar-refractivity contribution in [2.75, 3.05) is 45.9 Å². The lowest BCUT2D eigenvalue weighted by Crippen LogP contribution is -2.55. The van der Waals surface area contributed by atoms with Gasteiger partial charge in [-0.3, -0.25) is 14.5 Å². The van der Waals surface area contributed by atoms with Gasteiger partial charge in [0.1, 0.15) is 0 Å². The number of carbonyl (C=O) groups is 2. The van der Waals surface area contributed by atoms with Gasteiger partial charge in [-0.1, -0.05) is 0 Å². The van der Waals surface area contributed by atoms with Crippen molar-refractivity contribution in [1.82, 2.24) is 14.7 Å². The Morgan fingerprint density at radius 2 is 1.81 bits per heavy atom. The molecule has 1 N–H and O–H groups in total. The second kappa shape index (κ2) is 6.32. The Hall–Kier alpha value is -1.14. The number of likely N-dealkylation sites (tertiary alicyclic amines) is 1. The highest BCUT2D eigenvalue weighted by Gasteiger charge is 2.37. The second-order valence-corrected chi connectivity index (χ2v) is 6.54. The summed E-state index contributed by atoms with van der Waals surface area (Å²) in [6.45, 7) is 4.02. The highest BCUT2D eigenvalue weighted by molar-refractivity contribution is 5.87. The first-order valence-corrected chi connectivity index (χ1v) is 8.08. The maximum atomic E-state index is 12.3. The third kappa shape index (κ3) is 3.55. The van der Waals surface area contributed by atoms with Gasteiger partial charge in [0.25, 0.3) is 0 Å². The van der Waals surface area contributed by atoms with E-state index in [2.05, 4.69) is 4.90 Å². The largest absolute Gasteiger partial charge is 0.396 e. The monoisotopic (exact) mass is 295 g/mol. The van der Waals surface area contributed by atoms with E-state index in [0.717, 1.165) is 38.8 Å². The van der Waals surface area contributed by atoms with Crippen LogP contribution in [0.3, 0.4) is 0 Å². The number of aliphatic hydroxyl groups excluding tert-OH is 1. The number of piperidine rings is 1. The molecule has 21 heavy (non-hydrogen) atoms. The van der Waals surface area contributed by atoms with Gasteiger partial charge >= 0.3 is 0 Å². The Kier molecular flexibility index (Phi) is 4.45. The molecule has 1 saturated carbocycles. The van der Waals surface area contributed by atoms with Crippen molar-refractivity contribution in [1.29, 1.82) is 0 Å². The fourth-order valence-electron chi connectivity index (χ4n) is 3.29. The van der Waals surface area contributed by atoms with Gasteiger partial charge < -0.3 is 14.9 Å². The number of hydrogen-bond acceptors (Lipinski definition) is 4. The predicted molar refractivity (Wildman–Crippen MR) is 77.6 cm³/mol. The number of amides is 2. The maximum absolute atomic E-state index is 12.3. The first kappa shape index (κ1) is 14.8. The van der Waals surface area contributed by atoms with Crippen LogP contribution in [0.15, 0.2) is 0 Å². The molecule has 3 rings (SSSR count). The Morgan fingerprint density at radius 3 is 2.38 bits per heavy atom. The van der Waals surface area contributed by atoms with Crippen molar-refractivity contribution < 1.29 is 14.7 Å². The van der Waals surface area contributed by atoms with Crippen LogP contribution in [0.4, 0.5) is 0 Å². The summed E-state index contributed by atoms with van der Waals surface area (Å²) in [6, 6.07) is 0.451. The highest BCUT2D eigenvalue weighted by Crippen LogP contribution is 2.28. The number of carbonyl (C=O) groups excluding carboxylic acids is 2. The molecule has 0 aromatic rings. The fourth-order valence-corrected chi connectivity index (χ4v) is 3.29. The molecule has 0 unspecified atom stereocenters. The van der Waals surface area contributed by atoms with Crippen LogP contribution in [-0.2, 0) is 9.59 Å². The molecular formula is C15H25N3O3. The van der Waals surface area contributed by atoms with Crippen LogP contribution in [0, 0.1) is 5.92 Å². The van der Waals surface area contributed by atoms with Gasteiger partial charge in [-0.25, -0.2) is 0 Å². The minimum Gasteiger partial charge on any atom is -0.396 e. The lowest BCUT2D eigenvalue weighted by molar-refractivity contribution is -0.146. The standard InChI is InChI=1S/C15H25N3O3/c19-11-12-3-5-16(6-4-12)9-14(20)17-7-8-18(13-1-2-13)15(21)10-17/h12-13,19H,1-11H2. The maximum Gasteiger partial charge on any atom is 0.242 e. The van der Waals surface area contributed by atoms with E-state index in [1.165, 1.54) is 0 Å². The molecule has 6 heteroatoms. The van der Waals surface area contributed by atoms with Crippen molar-refractivity contribution in [2.24, 2.45) is 5.92 Å². The molecule has 1 aliphatic carbocycles. The Labute approximate surface area is 125 Å². The van der Waals surface area contributed by atoms with Crippen molar-refractivity contribution in [3.63, 3.8) is 0 Å². The second-order valence-electron chi connectivity index (χ2n) is 6.54. The lowest BCUT2D eigenvalue weighted by atomic mass is 9.98. The number of rotatable bonds is 4. The van der Waals surface area contributed by atoms with E-state index in [1.54, 1.807) is 4.90 Å². The normalized spacial score (nSPS) is 25.5. The van der Waals surface area contributed by atoms with Crippen LogP contribution < -0.4 is 0 Å². The molecule has 0 atom stereocenters. The Balaban J connectivity index is 1.44. The predicted octanol–water partition coefficient (Wildman–Crippen LogP) is -0.476. The van der Waals surface area contributed by atoms with E-state index in [9.17, 15) is 9.59 Å². The van der Waals surface area contributed by atoms with E-state index < -0.39 is 0 Å². The molecule has 6 nitrogen and oxygen atoms in total. The number of piperazine rings is 1.